The Morgan fingerprint density at radius 1 is 0.913 bits per heavy atom. The van der Waals surface area contributed by atoms with Crippen LogP contribution in [0.25, 0.3) is 11.1 Å². The third-order valence-electron chi connectivity index (χ3n) is 5.12. The number of nitrogens with one attached hydrogen (secondary N) is 1. The van der Waals surface area contributed by atoms with Gasteiger partial charge in [-0.1, -0.05) is 81.3 Å². The second-order valence-corrected chi connectivity index (χ2v) is 6.46. The highest BCUT2D eigenvalue weighted by atomic mass is 14.9. The van der Waals surface area contributed by atoms with Crippen LogP contribution < -0.4 is 5.32 Å². The van der Waals surface area contributed by atoms with Gasteiger partial charge in [0.25, 0.3) is 0 Å². The van der Waals surface area contributed by atoms with Crippen LogP contribution in [0.2, 0.25) is 0 Å². The van der Waals surface area contributed by atoms with Gasteiger partial charge in [0, 0.05) is 12.2 Å². The molecular formula is C22H27N. The molecule has 0 unspecified atom stereocenters. The Hall–Kier alpha value is -2.02. The van der Waals surface area contributed by atoms with Crippen molar-refractivity contribution in [3.8, 4) is 11.1 Å². The van der Waals surface area contributed by atoms with E-state index in [1.807, 2.05) is 0 Å². The molecular weight excluding hydrogens is 278 g/mol. The van der Waals surface area contributed by atoms with Gasteiger partial charge in [0.2, 0.25) is 0 Å². The van der Waals surface area contributed by atoms with Gasteiger partial charge in [0.05, 0.1) is 5.41 Å². The van der Waals surface area contributed by atoms with Gasteiger partial charge in [-0.25, -0.2) is 0 Å². The number of allylic oxidation sites excluding steroid dienone is 1. The molecule has 0 bridgehead atoms. The van der Waals surface area contributed by atoms with Crippen molar-refractivity contribution >= 4 is 0 Å². The summed E-state index contributed by atoms with van der Waals surface area (Å²) in [5, 5.41) is 3.54. The van der Waals surface area contributed by atoms with Crippen molar-refractivity contribution in [1.82, 2.24) is 5.32 Å². The molecule has 1 aliphatic rings. The van der Waals surface area contributed by atoms with Crippen molar-refractivity contribution < 1.29 is 0 Å². The number of hydrogen-bond donors (Lipinski definition) is 1. The lowest BCUT2D eigenvalue weighted by Gasteiger charge is -2.35. The molecule has 1 heteroatoms. The Kier molecular flexibility index (Phi) is 4.56. The molecule has 3 rings (SSSR count). The van der Waals surface area contributed by atoms with Crippen LogP contribution in [-0.2, 0) is 5.41 Å². The van der Waals surface area contributed by atoms with Crippen LogP contribution in [0, 0.1) is 0 Å². The molecule has 2 aromatic rings. The summed E-state index contributed by atoms with van der Waals surface area (Å²) in [7, 11) is 0. The third-order valence-corrected chi connectivity index (χ3v) is 5.12. The van der Waals surface area contributed by atoms with Gasteiger partial charge in [0.15, 0.2) is 0 Å². The molecule has 0 radical (unpaired) electrons. The van der Waals surface area contributed by atoms with E-state index in [-0.39, 0.29) is 5.41 Å². The van der Waals surface area contributed by atoms with E-state index in [4.69, 9.17) is 0 Å². The van der Waals surface area contributed by atoms with Crippen LogP contribution >= 0.6 is 0 Å². The average Bonchev–Trinajstić information content (AvgIpc) is 2.87. The quantitative estimate of drug-likeness (QED) is 0.651. The van der Waals surface area contributed by atoms with Gasteiger partial charge in [0.1, 0.15) is 0 Å². The molecule has 0 spiro atoms. The van der Waals surface area contributed by atoms with Crippen LogP contribution in [0.15, 0.2) is 60.8 Å². The Morgan fingerprint density at radius 3 is 2.00 bits per heavy atom. The molecule has 1 nitrogen and oxygen atoms in total. The molecule has 2 aromatic carbocycles. The first kappa shape index (κ1) is 15.9. The molecule has 0 heterocycles. The van der Waals surface area contributed by atoms with Crippen molar-refractivity contribution in [1.29, 1.82) is 0 Å². The Morgan fingerprint density at radius 2 is 1.48 bits per heavy atom. The SMILES string of the molecule is C=C(NCC)C1(CCCCC)c2ccccc2-c2ccccc21. The summed E-state index contributed by atoms with van der Waals surface area (Å²) in [6.07, 6.45) is 4.86. The minimum atomic E-state index is -0.0850. The molecule has 23 heavy (non-hydrogen) atoms. The summed E-state index contributed by atoms with van der Waals surface area (Å²) in [6.45, 7) is 9.80. The summed E-state index contributed by atoms with van der Waals surface area (Å²) in [5.74, 6) is 0. The Labute approximate surface area is 140 Å². The summed E-state index contributed by atoms with van der Waals surface area (Å²) in [4.78, 5) is 0. The average molecular weight is 305 g/mol. The van der Waals surface area contributed by atoms with Crippen LogP contribution in [-0.4, -0.2) is 6.54 Å². The number of benzene rings is 2. The largest absolute Gasteiger partial charge is 0.388 e. The van der Waals surface area contributed by atoms with E-state index < -0.39 is 0 Å². The van der Waals surface area contributed by atoms with E-state index in [2.05, 4.69) is 74.3 Å². The highest BCUT2D eigenvalue weighted by molar-refractivity contribution is 5.82. The summed E-state index contributed by atoms with van der Waals surface area (Å²) >= 11 is 0. The number of fused-ring (bicyclic) bond motifs is 3. The number of likely N-dealkylation sites (N-methyl/N-ethyl adjacent to an activating group) is 1. The van der Waals surface area contributed by atoms with E-state index in [1.54, 1.807) is 0 Å². The maximum absolute atomic E-state index is 4.46. The van der Waals surface area contributed by atoms with Crippen LogP contribution in [0.1, 0.15) is 50.7 Å². The highest BCUT2D eigenvalue weighted by Crippen LogP contribution is 2.54. The fourth-order valence-corrected chi connectivity index (χ4v) is 4.08. The number of hydrogen-bond acceptors (Lipinski definition) is 1. The zero-order valence-electron chi connectivity index (χ0n) is 14.4. The standard InChI is InChI=1S/C22H27N/c1-4-6-11-16-22(17(3)23-5-2)20-14-9-7-12-18(20)19-13-8-10-15-21(19)22/h7-10,12-15,23H,3-6,11,16H2,1-2H3. The van der Waals surface area contributed by atoms with Crippen molar-refractivity contribution in [2.75, 3.05) is 6.54 Å². The maximum Gasteiger partial charge on any atom is 0.0604 e. The van der Waals surface area contributed by atoms with Crippen LogP contribution in [0.3, 0.4) is 0 Å². The minimum absolute atomic E-state index is 0.0850. The fourth-order valence-electron chi connectivity index (χ4n) is 4.08. The van der Waals surface area contributed by atoms with Gasteiger partial charge in [-0.3, -0.25) is 0 Å². The van der Waals surface area contributed by atoms with E-state index in [1.165, 1.54) is 41.5 Å². The molecule has 1 aliphatic carbocycles. The van der Waals surface area contributed by atoms with Gasteiger partial charge in [-0.05, 0) is 35.6 Å². The van der Waals surface area contributed by atoms with E-state index in [0.29, 0.717) is 0 Å². The lowest BCUT2D eigenvalue weighted by molar-refractivity contribution is 0.489. The molecule has 0 saturated carbocycles. The summed E-state index contributed by atoms with van der Waals surface area (Å²) in [6, 6.07) is 17.7. The molecule has 0 amide bonds. The molecule has 0 atom stereocenters. The van der Waals surface area contributed by atoms with Gasteiger partial charge in [-0.15, -0.1) is 0 Å². The monoisotopic (exact) mass is 305 g/mol. The van der Waals surface area contributed by atoms with Crippen LogP contribution in [0.4, 0.5) is 0 Å². The second-order valence-electron chi connectivity index (χ2n) is 6.46. The van der Waals surface area contributed by atoms with E-state index in [9.17, 15) is 0 Å². The molecule has 0 aliphatic heterocycles. The molecule has 120 valence electrons. The van der Waals surface area contributed by atoms with Gasteiger partial charge in [-0.2, -0.15) is 0 Å². The first-order chi connectivity index (χ1) is 11.3. The van der Waals surface area contributed by atoms with Crippen LogP contribution in [0.5, 0.6) is 0 Å². The minimum Gasteiger partial charge on any atom is -0.388 e. The molecule has 0 aromatic heterocycles. The zero-order valence-corrected chi connectivity index (χ0v) is 14.4. The Balaban J connectivity index is 2.18. The lowest BCUT2D eigenvalue weighted by atomic mass is 9.72. The van der Waals surface area contributed by atoms with Gasteiger partial charge >= 0.3 is 0 Å². The third kappa shape index (κ3) is 2.49. The van der Waals surface area contributed by atoms with Crippen molar-refractivity contribution in [3.05, 3.63) is 71.9 Å². The van der Waals surface area contributed by atoms with Crippen molar-refractivity contribution in [2.24, 2.45) is 0 Å². The Bertz CT molecular complexity index is 653. The first-order valence-electron chi connectivity index (χ1n) is 8.88. The van der Waals surface area contributed by atoms with E-state index in [0.717, 1.165) is 18.7 Å². The fraction of sp³-hybridized carbons (Fsp3) is 0.364. The zero-order chi connectivity index (χ0) is 16.3. The second kappa shape index (κ2) is 6.62. The normalized spacial score (nSPS) is 14.2. The van der Waals surface area contributed by atoms with Gasteiger partial charge < -0.3 is 5.32 Å². The first-order valence-corrected chi connectivity index (χ1v) is 8.88. The topological polar surface area (TPSA) is 12.0 Å². The molecule has 1 N–H and O–H groups in total. The maximum atomic E-state index is 4.46. The van der Waals surface area contributed by atoms with Crippen molar-refractivity contribution in [2.45, 2.75) is 44.9 Å². The molecule has 0 saturated heterocycles. The van der Waals surface area contributed by atoms with Crippen molar-refractivity contribution in [3.63, 3.8) is 0 Å². The summed E-state index contributed by atoms with van der Waals surface area (Å²) < 4.78 is 0. The predicted molar refractivity (Wildman–Crippen MR) is 99.6 cm³/mol. The number of unbranched alkanes of at least 4 members (excludes halogenated alkanes) is 2. The highest BCUT2D eigenvalue weighted by Gasteiger charge is 2.44. The number of rotatable bonds is 7. The predicted octanol–water partition coefficient (Wildman–Crippen LogP) is 5.66. The smallest absolute Gasteiger partial charge is 0.0604 e. The lowest BCUT2D eigenvalue weighted by Crippen LogP contribution is -2.35. The molecule has 0 fully saturated rings. The van der Waals surface area contributed by atoms with E-state index >= 15 is 0 Å². The summed E-state index contributed by atoms with van der Waals surface area (Å²) in [5.41, 5.74) is 6.65.